The van der Waals surface area contributed by atoms with E-state index >= 15 is 0 Å². The molecular formula is C26H40O20. The molecule has 0 aliphatic carbocycles. The zero-order valence-corrected chi connectivity index (χ0v) is 24.6. The smallest absolute Gasteiger partial charge is 0.390 e. The van der Waals surface area contributed by atoms with Crippen LogP contribution in [0.2, 0.25) is 0 Å². The van der Waals surface area contributed by atoms with Gasteiger partial charge >= 0.3 is 23.7 Å². The molecule has 2 aliphatic heterocycles. The van der Waals surface area contributed by atoms with Crippen molar-refractivity contribution in [2.24, 2.45) is 0 Å². The van der Waals surface area contributed by atoms with Gasteiger partial charge in [0.2, 0.25) is 0 Å². The van der Waals surface area contributed by atoms with Gasteiger partial charge in [-0.05, 0) is 13.8 Å². The number of ether oxygens (including phenoxy) is 6. The van der Waals surface area contributed by atoms with Crippen LogP contribution >= 0.6 is 0 Å². The molecule has 0 spiro atoms. The summed E-state index contributed by atoms with van der Waals surface area (Å²) in [7, 11) is 0. The van der Waals surface area contributed by atoms with Crippen LogP contribution in [0.15, 0.2) is 24.3 Å². The summed E-state index contributed by atoms with van der Waals surface area (Å²) in [4.78, 5) is 36.3. The Morgan fingerprint density at radius 2 is 1.24 bits per heavy atom. The third kappa shape index (κ3) is 9.09. The molecule has 0 bridgehead atoms. The van der Waals surface area contributed by atoms with Crippen molar-refractivity contribution in [1.29, 1.82) is 0 Å². The van der Waals surface area contributed by atoms with Gasteiger partial charge in [0.25, 0.3) is 0 Å². The average molecular weight is 673 g/mol. The summed E-state index contributed by atoms with van der Waals surface area (Å²) in [6, 6.07) is 0. The average Bonchev–Trinajstić information content (AvgIpc) is 3.01. The van der Waals surface area contributed by atoms with Gasteiger partial charge in [0.1, 0.15) is 61.0 Å². The van der Waals surface area contributed by atoms with Gasteiger partial charge in [-0.3, -0.25) is 0 Å². The molecule has 0 aromatic carbocycles. The second-order valence-electron chi connectivity index (χ2n) is 10.7. The molecule has 20 nitrogen and oxygen atoms in total. The predicted molar refractivity (Wildman–Crippen MR) is 142 cm³/mol. The molecule has 2 saturated heterocycles. The van der Waals surface area contributed by atoms with Crippen LogP contribution in [0.5, 0.6) is 0 Å². The van der Waals surface area contributed by atoms with Crippen LogP contribution in [0.4, 0.5) is 0 Å². The molecule has 0 amide bonds. The van der Waals surface area contributed by atoms with Gasteiger partial charge in [-0.2, -0.15) is 0 Å². The minimum Gasteiger partial charge on any atom is -0.415 e. The standard InChI is InChI=1S/C26H40O20/c1-8(2)21(37)45-25(39)26(40,46-22(38)9(3)4)20(36)13(29)10(28)6-41-23-19(35)17(33)15(31)12(44-23)7-42-24-18(34)16(32)14(30)11(5-27)43-24/h10-20,23-24,27-36,40H,1,3,5-7H2,2,4H3/t10-,11-,12-,13-,14-,15-,16+,17+,18-,19-,20+,23+,24+,26-/m1/s1. The Balaban J connectivity index is 2.11. The van der Waals surface area contributed by atoms with Crippen molar-refractivity contribution in [3.8, 4) is 0 Å². The molecule has 0 radical (unpaired) electrons. The molecule has 2 rings (SSSR count). The van der Waals surface area contributed by atoms with Crippen molar-refractivity contribution in [3.05, 3.63) is 24.3 Å². The fraction of sp³-hybridized carbons (Fsp3) is 0.731. The molecule has 2 aliphatic rings. The highest BCUT2D eigenvalue weighted by molar-refractivity contribution is 5.99. The van der Waals surface area contributed by atoms with Crippen molar-refractivity contribution >= 4 is 17.9 Å². The highest BCUT2D eigenvalue weighted by atomic mass is 16.7. The summed E-state index contributed by atoms with van der Waals surface area (Å²) in [5.74, 6) is -8.77. The lowest BCUT2D eigenvalue weighted by Crippen LogP contribution is -2.62. The van der Waals surface area contributed by atoms with Gasteiger partial charge in [0.05, 0.1) is 19.8 Å². The number of hydrogen-bond acceptors (Lipinski definition) is 20. The van der Waals surface area contributed by atoms with Crippen LogP contribution in [0.1, 0.15) is 13.8 Å². The number of rotatable bonds is 14. The number of esters is 3. The number of hydrogen-bond donors (Lipinski definition) is 11. The minimum atomic E-state index is -3.80. The lowest BCUT2D eigenvalue weighted by Gasteiger charge is -2.42. The number of aliphatic hydroxyl groups is 11. The van der Waals surface area contributed by atoms with Crippen molar-refractivity contribution in [2.45, 2.75) is 99.4 Å². The van der Waals surface area contributed by atoms with Gasteiger partial charge in [-0.15, -0.1) is 0 Å². The Labute approximate surface area is 260 Å². The van der Waals surface area contributed by atoms with Crippen LogP contribution in [-0.4, -0.2) is 179 Å². The first kappa shape index (κ1) is 39.7. The van der Waals surface area contributed by atoms with Crippen LogP contribution in [0.25, 0.3) is 0 Å². The third-order valence-corrected chi connectivity index (χ3v) is 6.91. The zero-order chi connectivity index (χ0) is 35.3. The number of carbonyl (C=O) groups is 3. The first-order chi connectivity index (χ1) is 21.3. The molecule has 20 heteroatoms. The minimum absolute atomic E-state index is 0.347. The van der Waals surface area contributed by atoms with Crippen LogP contribution < -0.4 is 0 Å². The number of aliphatic hydroxyl groups excluding tert-OH is 10. The third-order valence-electron chi connectivity index (χ3n) is 6.91. The van der Waals surface area contributed by atoms with E-state index in [0.717, 1.165) is 13.8 Å². The molecule has 11 N–H and O–H groups in total. The van der Waals surface area contributed by atoms with Crippen LogP contribution in [0, 0.1) is 0 Å². The predicted octanol–water partition coefficient (Wildman–Crippen LogP) is -6.84. The van der Waals surface area contributed by atoms with Crippen LogP contribution in [0.3, 0.4) is 0 Å². The fourth-order valence-corrected chi connectivity index (χ4v) is 4.02. The summed E-state index contributed by atoms with van der Waals surface area (Å²) in [6.45, 7) is 6.05. The van der Waals surface area contributed by atoms with E-state index < -0.39 is 129 Å². The molecule has 0 aromatic rings. The van der Waals surface area contributed by atoms with Gasteiger partial charge in [0, 0.05) is 11.1 Å². The summed E-state index contributed by atoms with van der Waals surface area (Å²) in [5.41, 5.74) is -0.752. The summed E-state index contributed by atoms with van der Waals surface area (Å²) in [5, 5.41) is 112. The largest absolute Gasteiger partial charge is 0.415 e. The van der Waals surface area contributed by atoms with E-state index in [4.69, 9.17) is 18.9 Å². The van der Waals surface area contributed by atoms with E-state index in [0.29, 0.717) is 0 Å². The first-order valence-corrected chi connectivity index (χ1v) is 13.6. The first-order valence-electron chi connectivity index (χ1n) is 13.6. The highest BCUT2D eigenvalue weighted by Gasteiger charge is 2.55. The van der Waals surface area contributed by atoms with E-state index in [2.05, 4.69) is 22.6 Å². The maximum atomic E-state index is 12.5. The molecule has 14 atom stereocenters. The van der Waals surface area contributed by atoms with Crippen molar-refractivity contribution in [1.82, 2.24) is 0 Å². The Morgan fingerprint density at radius 3 is 1.74 bits per heavy atom. The van der Waals surface area contributed by atoms with Crippen molar-refractivity contribution in [2.75, 3.05) is 19.8 Å². The van der Waals surface area contributed by atoms with Gasteiger partial charge < -0.3 is 84.6 Å². The maximum Gasteiger partial charge on any atom is 0.390 e. The lowest BCUT2D eigenvalue weighted by molar-refractivity contribution is -0.333. The Morgan fingerprint density at radius 1 is 0.761 bits per heavy atom. The summed E-state index contributed by atoms with van der Waals surface area (Å²) in [6.07, 6.45) is -25.4. The molecule has 0 unspecified atom stereocenters. The quantitative estimate of drug-likeness (QED) is 0.0353. The van der Waals surface area contributed by atoms with E-state index in [1.807, 2.05) is 0 Å². The molecule has 0 saturated carbocycles. The van der Waals surface area contributed by atoms with Crippen molar-refractivity contribution < 1.29 is 99.0 Å². The SMILES string of the molecule is C=C(C)C(=O)OC(=O)[C@](O)(OC(=O)C(=C)C)[C@@H](O)[C@H](O)[C@H](O)CO[C@H]1O[C@H](CO[C@H]2O[C@H](CO)[C@@H](O)[C@H](O)[C@H]2O)[C@@H](O)[C@H](O)[C@H]1O. The molecule has 264 valence electrons. The van der Waals surface area contributed by atoms with Crippen LogP contribution in [-0.2, 0) is 42.8 Å². The summed E-state index contributed by atoms with van der Waals surface area (Å²) >= 11 is 0. The summed E-state index contributed by atoms with van der Waals surface area (Å²) < 4.78 is 29.8. The Hall–Kier alpha value is -2.51. The lowest BCUT2D eigenvalue weighted by atomic mass is 9.98. The van der Waals surface area contributed by atoms with E-state index in [9.17, 15) is 70.6 Å². The monoisotopic (exact) mass is 672 g/mol. The molecule has 0 aromatic heterocycles. The van der Waals surface area contributed by atoms with Gasteiger partial charge in [0.15, 0.2) is 18.7 Å². The van der Waals surface area contributed by atoms with E-state index in [1.165, 1.54) is 0 Å². The second kappa shape index (κ2) is 16.5. The molecule has 2 heterocycles. The maximum absolute atomic E-state index is 12.5. The number of carbonyl (C=O) groups excluding carboxylic acids is 3. The highest BCUT2D eigenvalue weighted by Crippen LogP contribution is 2.27. The van der Waals surface area contributed by atoms with Gasteiger partial charge in [-0.1, -0.05) is 13.2 Å². The topological polar surface area (TPSA) is 329 Å². The fourth-order valence-electron chi connectivity index (χ4n) is 4.02. The molecule has 2 fully saturated rings. The van der Waals surface area contributed by atoms with Crippen molar-refractivity contribution in [3.63, 3.8) is 0 Å². The van der Waals surface area contributed by atoms with E-state index in [-0.39, 0.29) is 5.57 Å². The van der Waals surface area contributed by atoms with Gasteiger partial charge in [-0.25, -0.2) is 14.4 Å². The zero-order valence-electron chi connectivity index (χ0n) is 24.6. The Kier molecular flexibility index (Phi) is 14.3. The van der Waals surface area contributed by atoms with E-state index in [1.54, 1.807) is 0 Å². The molecular weight excluding hydrogens is 632 g/mol. The Bertz CT molecular complexity index is 1100. The molecule has 46 heavy (non-hydrogen) atoms. The normalized spacial score (nSPS) is 34.8. The second-order valence-corrected chi connectivity index (χ2v) is 10.7.